The molecule has 0 aliphatic heterocycles. The van der Waals surface area contributed by atoms with E-state index in [2.05, 4.69) is 33.0 Å². The van der Waals surface area contributed by atoms with Crippen molar-refractivity contribution in [2.45, 2.75) is 53.4 Å². The van der Waals surface area contributed by atoms with E-state index in [1.807, 2.05) is 0 Å². The van der Waals surface area contributed by atoms with Gasteiger partial charge in [0.25, 0.3) is 0 Å². The van der Waals surface area contributed by atoms with Gasteiger partial charge in [0.2, 0.25) is 0 Å². The molecule has 1 nitrogen and oxygen atoms in total. The Morgan fingerprint density at radius 2 is 1.77 bits per heavy atom. The van der Waals surface area contributed by atoms with Crippen molar-refractivity contribution in [3.63, 3.8) is 0 Å². The van der Waals surface area contributed by atoms with Gasteiger partial charge in [-0.3, -0.25) is 0 Å². The van der Waals surface area contributed by atoms with Crippen molar-refractivity contribution in [3.05, 3.63) is 0 Å². The first-order chi connectivity index (χ1) is 6.24. The number of nitrogens with one attached hydrogen (secondary N) is 1. The summed E-state index contributed by atoms with van der Waals surface area (Å²) in [7, 11) is 0. The quantitative estimate of drug-likeness (QED) is 0.571. The van der Waals surface area contributed by atoms with Crippen LogP contribution in [0, 0.1) is 11.8 Å². The number of rotatable bonds is 8. The van der Waals surface area contributed by atoms with E-state index in [0.717, 1.165) is 11.8 Å². The van der Waals surface area contributed by atoms with Crippen LogP contribution in [0.5, 0.6) is 0 Å². The van der Waals surface area contributed by atoms with Gasteiger partial charge in [0.1, 0.15) is 0 Å². The lowest BCUT2D eigenvalue weighted by Crippen LogP contribution is -2.24. The predicted molar refractivity (Wildman–Crippen MR) is 61.0 cm³/mol. The molecule has 0 amide bonds. The third-order valence-electron chi connectivity index (χ3n) is 2.87. The Labute approximate surface area is 84.3 Å². The topological polar surface area (TPSA) is 12.0 Å². The van der Waals surface area contributed by atoms with E-state index < -0.39 is 0 Å². The van der Waals surface area contributed by atoms with Crippen LogP contribution < -0.4 is 5.32 Å². The molecule has 1 N–H and O–H groups in total. The van der Waals surface area contributed by atoms with E-state index in [9.17, 15) is 0 Å². The van der Waals surface area contributed by atoms with Crippen molar-refractivity contribution >= 4 is 0 Å². The van der Waals surface area contributed by atoms with E-state index >= 15 is 0 Å². The SMILES string of the molecule is CCCNCC(CC)CC(C)CC. The highest BCUT2D eigenvalue weighted by atomic mass is 14.8. The van der Waals surface area contributed by atoms with Gasteiger partial charge in [0, 0.05) is 0 Å². The lowest BCUT2D eigenvalue weighted by molar-refractivity contribution is 0.357. The molecule has 0 aromatic carbocycles. The first-order valence-corrected chi connectivity index (χ1v) is 5.95. The highest BCUT2D eigenvalue weighted by Crippen LogP contribution is 2.17. The van der Waals surface area contributed by atoms with E-state index in [1.165, 1.54) is 38.8 Å². The Hall–Kier alpha value is -0.0400. The van der Waals surface area contributed by atoms with Gasteiger partial charge in [-0.2, -0.15) is 0 Å². The minimum atomic E-state index is 0.890. The standard InChI is InChI=1S/C12H27N/c1-5-8-13-10-12(7-3)9-11(4)6-2/h11-13H,5-10H2,1-4H3. The summed E-state index contributed by atoms with van der Waals surface area (Å²) in [5, 5.41) is 3.52. The summed E-state index contributed by atoms with van der Waals surface area (Å²) >= 11 is 0. The van der Waals surface area contributed by atoms with Gasteiger partial charge < -0.3 is 5.32 Å². The Morgan fingerprint density at radius 1 is 1.08 bits per heavy atom. The zero-order valence-electron chi connectivity index (χ0n) is 9.90. The largest absolute Gasteiger partial charge is 0.316 e. The van der Waals surface area contributed by atoms with Crippen molar-refractivity contribution in [2.75, 3.05) is 13.1 Å². The maximum atomic E-state index is 3.52. The van der Waals surface area contributed by atoms with Crippen molar-refractivity contribution in [3.8, 4) is 0 Å². The summed E-state index contributed by atoms with van der Waals surface area (Å²) in [5.41, 5.74) is 0. The average molecular weight is 185 g/mol. The molecular formula is C12H27N. The van der Waals surface area contributed by atoms with Crippen LogP contribution in [0.4, 0.5) is 0 Å². The van der Waals surface area contributed by atoms with Crippen LogP contribution in [0.3, 0.4) is 0 Å². The molecule has 0 heterocycles. The molecule has 0 rings (SSSR count). The van der Waals surface area contributed by atoms with Crippen molar-refractivity contribution in [2.24, 2.45) is 11.8 Å². The molecule has 2 atom stereocenters. The Kier molecular flexibility index (Phi) is 8.53. The van der Waals surface area contributed by atoms with E-state index in [0.29, 0.717) is 0 Å². The molecule has 1 heteroatoms. The molecule has 0 spiro atoms. The Morgan fingerprint density at radius 3 is 2.23 bits per heavy atom. The fourth-order valence-electron chi connectivity index (χ4n) is 1.61. The molecule has 0 aliphatic rings. The smallest absolute Gasteiger partial charge is 0.00205 e. The Bertz CT molecular complexity index is 101. The molecule has 0 aliphatic carbocycles. The molecule has 0 fully saturated rings. The van der Waals surface area contributed by atoms with Gasteiger partial charge in [-0.1, -0.05) is 40.5 Å². The molecular weight excluding hydrogens is 158 g/mol. The first-order valence-electron chi connectivity index (χ1n) is 5.95. The zero-order chi connectivity index (χ0) is 10.1. The van der Waals surface area contributed by atoms with Gasteiger partial charge >= 0.3 is 0 Å². The summed E-state index contributed by atoms with van der Waals surface area (Å²) in [6.07, 6.45) is 5.29. The molecule has 0 radical (unpaired) electrons. The lowest BCUT2D eigenvalue weighted by atomic mass is 9.92. The van der Waals surface area contributed by atoms with Crippen molar-refractivity contribution in [1.82, 2.24) is 5.32 Å². The summed E-state index contributed by atoms with van der Waals surface area (Å²) in [6.45, 7) is 11.6. The first kappa shape index (κ1) is 13.0. The number of hydrogen-bond acceptors (Lipinski definition) is 1. The normalized spacial score (nSPS) is 15.7. The van der Waals surface area contributed by atoms with E-state index in [4.69, 9.17) is 0 Å². The van der Waals surface area contributed by atoms with Gasteiger partial charge in [-0.05, 0) is 37.8 Å². The fraction of sp³-hybridized carbons (Fsp3) is 1.00. The maximum Gasteiger partial charge on any atom is -0.00205 e. The van der Waals surface area contributed by atoms with Crippen LogP contribution in [0.2, 0.25) is 0 Å². The second-order valence-electron chi connectivity index (χ2n) is 4.23. The minimum Gasteiger partial charge on any atom is -0.316 e. The highest BCUT2D eigenvalue weighted by molar-refractivity contribution is 4.64. The lowest BCUT2D eigenvalue weighted by Gasteiger charge is -2.19. The van der Waals surface area contributed by atoms with Gasteiger partial charge in [0.05, 0.1) is 0 Å². The molecule has 2 unspecified atom stereocenters. The second kappa shape index (κ2) is 8.55. The summed E-state index contributed by atoms with van der Waals surface area (Å²) in [6, 6.07) is 0. The number of hydrogen-bond donors (Lipinski definition) is 1. The second-order valence-corrected chi connectivity index (χ2v) is 4.23. The van der Waals surface area contributed by atoms with E-state index in [-0.39, 0.29) is 0 Å². The highest BCUT2D eigenvalue weighted by Gasteiger charge is 2.09. The van der Waals surface area contributed by atoms with Gasteiger partial charge in [-0.25, -0.2) is 0 Å². The zero-order valence-corrected chi connectivity index (χ0v) is 9.90. The molecule has 13 heavy (non-hydrogen) atoms. The van der Waals surface area contributed by atoms with Gasteiger partial charge in [-0.15, -0.1) is 0 Å². The molecule has 0 bridgehead atoms. The summed E-state index contributed by atoms with van der Waals surface area (Å²) < 4.78 is 0. The minimum absolute atomic E-state index is 0.890. The molecule has 0 aromatic rings. The molecule has 80 valence electrons. The molecule has 0 saturated carbocycles. The van der Waals surface area contributed by atoms with Crippen molar-refractivity contribution < 1.29 is 0 Å². The molecule has 0 aromatic heterocycles. The Balaban J connectivity index is 3.50. The van der Waals surface area contributed by atoms with Crippen LogP contribution in [-0.4, -0.2) is 13.1 Å². The van der Waals surface area contributed by atoms with Crippen LogP contribution in [-0.2, 0) is 0 Å². The van der Waals surface area contributed by atoms with Gasteiger partial charge in [0.15, 0.2) is 0 Å². The van der Waals surface area contributed by atoms with Crippen LogP contribution in [0.25, 0.3) is 0 Å². The van der Waals surface area contributed by atoms with Crippen LogP contribution in [0.1, 0.15) is 53.4 Å². The van der Waals surface area contributed by atoms with Crippen LogP contribution in [0.15, 0.2) is 0 Å². The summed E-state index contributed by atoms with van der Waals surface area (Å²) in [5.74, 6) is 1.79. The third-order valence-corrected chi connectivity index (χ3v) is 2.87. The van der Waals surface area contributed by atoms with Crippen molar-refractivity contribution in [1.29, 1.82) is 0 Å². The maximum absolute atomic E-state index is 3.52. The predicted octanol–water partition coefficient (Wildman–Crippen LogP) is 3.45. The average Bonchev–Trinajstić information content (AvgIpc) is 2.16. The molecule has 0 saturated heterocycles. The van der Waals surface area contributed by atoms with E-state index in [1.54, 1.807) is 0 Å². The third kappa shape index (κ3) is 7.06. The fourth-order valence-corrected chi connectivity index (χ4v) is 1.61. The van der Waals surface area contributed by atoms with Crippen LogP contribution >= 0.6 is 0 Å². The monoisotopic (exact) mass is 185 g/mol. The summed E-state index contributed by atoms with van der Waals surface area (Å²) in [4.78, 5) is 0.